The molecule has 1 aliphatic rings. The lowest BCUT2D eigenvalue weighted by Crippen LogP contribution is -2.35. The van der Waals surface area contributed by atoms with Crippen LogP contribution in [0.2, 0.25) is 5.02 Å². The molecule has 2 N–H and O–H groups in total. The Morgan fingerprint density at radius 1 is 1.29 bits per heavy atom. The van der Waals surface area contributed by atoms with Crippen molar-refractivity contribution in [3.63, 3.8) is 0 Å². The predicted molar refractivity (Wildman–Crippen MR) is 79.9 cm³/mol. The van der Waals surface area contributed by atoms with Gasteiger partial charge in [0, 0.05) is 29.7 Å². The van der Waals surface area contributed by atoms with Crippen molar-refractivity contribution < 1.29 is 10.0 Å². The summed E-state index contributed by atoms with van der Waals surface area (Å²) >= 11 is 5.89. The first-order valence-electron chi connectivity index (χ1n) is 6.49. The number of nitrogens with one attached hydrogen (secondary N) is 1. The van der Waals surface area contributed by atoms with Crippen LogP contribution in [0.5, 0.6) is 0 Å². The van der Waals surface area contributed by atoms with Crippen LogP contribution in [-0.2, 0) is 13.1 Å². The van der Waals surface area contributed by atoms with E-state index in [2.05, 4.69) is 4.57 Å². The molecule has 5 nitrogen and oxygen atoms in total. The Kier molecular flexibility index (Phi) is 3.68. The van der Waals surface area contributed by atoms with Crippen molar-refractivity contribution in [3.05, 3.63) is 64.6 Å². The summed E-state index contributed by atoms with van der Waals surface area (Å²) in [6, 6.07) is 9.14. The molecule has 1 aliphatic heterocycles. The van der Waals surface area contributed by atoms with Crippen LogP contribution in [0.3, 0.4) is 0 Å². The maximum Gasteiger partial charge on any atom is 0.345 e. The number of carbonyl (C=O) groups is 1. The highest BCUT2D eigenvalue weighted by Gasteiger charge is 2.19. The molecule has 108 valence electrons. The molecule has 6 heteroatoms. The van der Waals surface area contributed by atoms with E-state index in [9.17, 15) is 4.79 Å². The Labute approximate surface area is 127 Å². The molecule has 0 aliphatic carbocycles. The Balaban J connectivity index is 1.83. The highest BCUT2D eigenvalue weighted by Crippen LogP contribution is 2.22. The summed E-state index contributed by atoms with van der Waals surface area (Å²) in [6.07, 6.45) is 5.50. The minimum atomic E-state index is -0.545. The largest absolute Gasteiger partial charge is 0.345 e. The summed E-state index contributed by atoms with van der Waals surface area (Å²) in [5.74, 6) is 0. The average molecular weight is 304 g/mol. The van der Waals surface area contributed by atoms with Crippen molar-refractivity contribution in [3.8, 4) is 0 Å². The van der Waals surface area contributed by atoms with Crippen LogP contribution in [0.4, 0.5) is 4.79 Å². The highest BCUT2D eigenvalue weighted by atomic mass is 35.5. The van der Waals surface area contributed by atoms with E-state index in [0.717, 1.165) is 16.8 Å². The van der Waals surface area contributed by atoms with Gasteiger partial charge in [0.2, 0.25) is 0 Å². The summed E-state index contributed by atoms with van der Waals surface area (Å²) < 4.78 is 2.08. The molecule has 0 saturated heterocycles. The Morgan fingerprint density at radius 2 is 2.05 bits per heavy atom. The van der Waals surface area contributed by atoms with Crippen molar-refractivity contribution in [2.75, 3.05) is 0 Å². The maximum atomic E-state index is 11.5. The molecule has 2 aromatic rings. The third-order valence-corrected chi connectivity index (χ3v) is 3.74. The second kappa shape index (κ2) is 5.63. The monoisotopic (exact) mass is 303 g/mol. The number of fused-ring (bicyclic) bond motifs is 1. The molecule has 0 saturated carbocycles. The predicted octanol–water partition coefficient (Wildman–Crippen LogP) is 3.07. The number of halogens is 1. The average Bonchev–Trinajstić information content (AvgIpc) is 2.91. The number of urea groups is 1. The summed E-state index contributed by atoms with van der Waals surface area (Å²) in [6.45, 7) is 1.12. The van der Waals surface area contributed by atoms with Gasteiger partial charge in [-0.3, -0.25) is 10.1 Å². The van der Waals surface area contributed by atoms with Crippen molar-refractivity contribution >= 4 is 23.7 Å². The summed E-state index contributed by atoms with van der Waals surface area (Å²) in [7, 11) is 0. The SMILES string of the molecule is O=C(NO)N1C=Cc2ccn(Cc3ccc(Cl)cc3)c2C1. The minimum absolute atomic E-state index is 0.415. The number of carbonyl (C=O) groups excluding carboxylic acids is 1. The molecule has 2 amide bonds. The number of hydrogen-bond acceptors (Lipinski definition) is 2. The van der Waals surface area contributed by atoms with Crippen molar-refractivity contribution in [2.24, 2.45) is 0 Å². The molecular formula is C15H14ClN3O2. The number of nitrogens with zero attached hydrogens (tertiary/aromatic N) is 2. The van der Waals surface area contributed by atoms with Gasteiger partial charge < -0.3 is 4.57 Å². The zero-order chi connectivity index (χ0) is 14.8. The van der Waals surface area contributed by atoms with Crippen LogP contribution in [0.1, 0.15) is 16.8 Å². The van der Waals surface area contributed by atoms with Crippen molar-refractivity contribution in [1.29, 1.82) is 0 Å². The Bertz CT molecular complexity index is 691. The van der Waals surface area contributed by atoms with E-state index in [4.69, 9.17) is 16.8 Å². The molecule has 0 atom stereocenters. The lowest BCUT2D eigenvalue weighted by molar-refractivity contribution is 0.139. The first-order chi connectivity index (χ1) is 10.2. The lowest BCUT2D eigenvalue weighted by atomic mass is 10.1. The van der Waals surface area contributed by atoms with E-state index in [-0.39, 0.29) is 0 Å². The topological polar surface area (TPSA) is 57.5 Å². The van der Waals surface area contributed by atoms with Crippen LogP contribution in [-0.4, -0.2) is 20.7 Å². The van der Waals surface area contributed by atoms with Gasteiger partial charge in [0.15, 0.2) is 0 Å². The molecular weight excluding hydrogens is 290 g/mol. The summed E-state index contributed by atoms with van der Waals surface area (Å²) in [5.41, 5.74) is 4.87. The van der Waals surface area contributed by atoms with Crippen LogP contribution < -0.4 is 5.48 Å². The molecule has 0 spiro atoms. The molecule has 1 aromatic heterocycles. The first kappa shape index (κ1) is 13.7. The number of hydrogen-bond donors (Lipinski definition) is 2. The summed E-state index contributed by atoms with van der Waals surface area (Å²) in [4.78, 5) is 12.9. The third-order valence-electron chi connectivity index (χ3n) is 3.49. The molecule has 0 bridgehead atoms. The van der Waals surface area contributed by atoms with E-state index < -0.39 is 6.03 Å². The van der Waals surface area contributed by atoms with Gasteiger partial charge in [0.05, 0.1) is 6.54 Å². The second-order valence-electron chi connectivity index (χ2n) is 4.83. The normalized spacial score (nSPS) is 13.1. The second-order valence-corrected chi connectivity index (χ2v) is 5.27. The Hall–Kier alpha value is -2.24. The van der Waals surface area contributed by atoms with Gasteiger partial charge in [-0.15, -0.1) is 0 Å². The maximum absolute atomic E-state index is 11.5. The fourth-order valence-electron chi connectivity index (χ4n) is 2.38. The smallest absolute Gasteiger partial charge is 0.345 e. The molecule has 1 aromatic carbocycles. The molecule has 2 heterocycles. The van der Waals surface area contributed by atoms with Crippen LogP contribution in [0, 0.1) is 0 Å². The van der Waals surface area contributed by atoms with Crippen molar-refractivity contribution in [2.45, 2.75) is 13.1 Å². The standard InChI is InChI=1S/C15H14ClN3O2/c16-13-3-1-11(2-4-13)9-18-7-5-12-6-8-19(10-14(12)18)15(20)17-21/h1-8,21H,9-10H2,(H,17,20). The van der Waals surface area contributed by atoms with Crippen LogP contribution >= 0.6 is 11.6 Å². The van der Waals surface area contributed by atoms with Gasteiger partial charge in [-0.05, 0) is 35.4 Å². The molecule has 0 fully saturated rings. The number of benzene rings is 1. The van der Waals surface area contributed by atoms with Gasteiger partial charge in [0.25, 0.3) is 0 Å². The molecule has 0 radical (unpaired) electrons. The van der Waals surface area contributed by atoms with Crippen LogP contribution in [0.25, 0.3) is 6.08 Å². The summed E-state index contributed by atoms with van der Waals surface area (Å²) in [5, 5.41) is 9.43. The van der Waals surface area contributed by atoms with Crippen LogP contribution in [0.15, 0.2) is 42.7 Å². The quantitative estimate of drug-likeness (QED) is 0.661. The van der Waals surface area contributed by atoms with E-state index in [1.54, 1.807) is 11.7 Å². The molecule has 21 heavy (non-hydrogen) atoms. The van der Waals surface area contributed by atoms with Gasteiger partial charge in [0.1, 0.15) is 0 Å². The van der Waals surface area contributed by atoms with Gasteiger partial charge in [-0.2, -0.15) is 0 Å². The minimum Gasteiger partial charge on any atom is -0.345 e. The van der Waals surface area contributed by atoms with E-state index in [1.165, 1.54) is 4.90 Å². The lowest BCUT2D eigenvalue weighted by Gasteiger charge is -2.22. The third kappa shape index (κ3) is 2.79. The Morgan fingerprint density at radius 3 is 2.76 bits per heavy atom. The zero-order valence-electron chi connectivity index (χ0n) is 11.2. The number of hydroxylamine groups is 1. The number of aromatic nitrogens is 1. The van der Waals surface area contributed by atoms with Crippen molar-refractivity contribution in [1.82, 2.24) is 14.9 Å². The van der Waals surface area contributed by atoms with Gasteiger partial charge in [-0.1, -0.05) is 23.7 Å². The number of amides is 2. The molecule has 0 unspecified atom stereocenters. The molecule has 3 rings (SSSR count). The van der Waals surface area contributed by atoms with E-state index >= 15 is 0 Å². The highest BCUT2D eigenvalue weighted by molar-refractivity contribution is 6.30. The van der Waals surface area contributed by atoms with Gasteiger partial charge >= 0.3 is 6.03 Å². The zero-order valence-corrected chi connectivity index (χ0v) is 11.9. The van der Waals surface area contributed by atoms with Gasteiger partial charge in [-0.25, -0.2) is 10.3 Å². The fourth-order valence-corrected chi connectivity index (χ4v) is 2.50. The first-order valence-corrected chi connectivity index (χ1v) is 6.86. The fraction of sp³-hybridized carbons (Fsp3) is 0.133. The van der Waals surface area contributed by atoms with E-state index in [0.29, 0.717) is 18.1 Å². The number of rotatable bonds is 2. The van der Waals surface area contributed by atoms with E-state index in [1.807, 2.05) is 42.6 Å².